The lowest BCUT2D eigenvalue weighted by Gasteiger charge is -2.17. The molecule has 1 fully saturated rings. The molecule has 1 aliphatic heterocycles. The molecule has 1 aliphatic rings. The first-order valence-electron chi connectivity index (χ1n) is 4.71. The van der Waals surface area contributed by atoms with Crippen molar-refractivity contribution in [3.63, 3.8) is 0 Å². The summed E-state index contributed by atoms with van der Waals surface area (Å²) < 4.78 is 11.1. The third-order valence-corrected chi connectivity index (χ3v) is 3.36. The molecule has 3 nitrogen and oxygen atoms in total. The second-order valence-electron chi connectivity index (χ2n) is 3.87. The third-order valence-electron chi connectivity index (χ3n) is 2.33. The average molecular weight is 192 g/mol. The Morgan fingerprint density at radius 1 is 1.25 bits per heavy atom. The maximum atomic E-state index is 11.1. The van der Waals surface area contributed by atoms with E-state index in [1.165, 1.54) is 37.2 Å². The summed E-state index contributed by atoms with van der Waals surface area (Å²) >= 11 is 0. The summed E-state index contributed by atoms with van der Waals surface area (Å²) in [5.41, 5.74) is 0. The number of likely N-dealkylation sites (tertiary alicyclic amines) is 1. The van der Waals surface area contributed by atoms with Gasteiger partial charge in [0.1, 0.15) is 0 Å². The van der Waals surface area contributed by atoms with Crippen LogP contribution >= 0.6 is 7.37 Å². The number of hydrogen-bond acceptors (Lipinski definition) is 1. The topological polar surface area (TPSA) is 41.7 Å². The average Bonchev–Trinajstić information content (AvgIpc) is 2.12. The number of quaternary nitrogens is 1. The fourth-order valence-corrected chi connectivity index (χ4v) is 2.95. The molecule has 1 unspecified atom stereocenters. The van der Waals surface area contributed by atoms with Crippen LogP contribution in [0.4, 0.5) is 0 Å². The molecule has 4 heteroatoms. The first kappa shape index (κ1) is 10.2. The summed E-state index contributed by atoms with van der Waals surface area (Å²) in [6, 6.07) is 0. The van der Waals surface area contributed by atoms with Gasteiger partial charge in [-0.25, -0.2) is 0 Å². The van der Waals surface area contributed by atoms with Crippen LogP contribution in [0.5, 0.6) is 0 Å². The van der Waals surface area contributed by atoms with E-state index < -0.39 is 7.37 Å². The van der Waals surface area contributed by atoms with E-state index >= 15 is 0 Å². The van der Waals surface area contributed by atoms with Gasteiger partial charge in [-0.1, -0.05) is 0 Å². The van der Waals surface area contributed by atoms with E-state index in [1.807, 2.05) is 0 Å². The molecule has 1 atom stereocenters. The quantitative estimate of drug-likeness (QED) is 0.618. The van der Waals surface area contributed by atoms with Crippen LogP contribution in [0.25, 0.3) is 0 Å². The SMILES string of the molecule is CP(=O)(O)C[NH+]1CCCCCC1. The molecule has 1 saturated heterocycles. The monoisotopic (exact) mass is 192 g/mol. The highest BCUT2D eigenvalue weighted by Crippen LogP contribution is 2.31. The van der Waals surface area contributed by atoms with Gasteiger partial charge < -0.3 is 9.79 Å². The van der Waals surface area contributed by atoms with Gasteiger partial charge in [-0.15, -0.1) is 0 Å². The lowest BCUT2D eigenvalue weighted by molar-refractivity contribution is -0.887. The highest BCUT2D eigenvalue weighted by molar-refractivity contribution is 7.56. The summed E-state index contributed by atoms with van der Waals surface area (Å²) in [5.74, 6) is 0. The van der Waals surface area contributed by atoms with E-state index in [2.05, 4.69) is 0 Å². The Kier molecular flexibility index (Phi) is 3.76. The van der Waals surface area contributed by atoms with Gasteiger partial charge in [0.05, 0.1) is 13.1 Å². The van der Waals surface area contributed by atoms with Crippen LogP contribution in [0.2, 0.25) is 0 Å². The molecule has 1 heterocycles. The summed E-state index contributed by atoms with van der Waals surface area (Å²) in [6.45, 7) is 3.63. The largest absolute Gasteiger partial charge is 0.341 e. The number of hydrogen-bond donors (Lipinski definition) is 2. The lowest BCUT2D eigenvalue weighted by Crippen LogP contribution is -3.11. The van der Waals surface area contributed by atoms with Gasteiger partial charge in [-0.2, -0.15) is 0 Å². The standard InChI is InChI=1S/C8H18NO2P/c1-12(10,11)8-9-6-4-2-3-5-7-9/h2-8H2,1H3,(H,10,11)/p+1. The fourth-order valence-electron chi connectivity index (χ4n) is 1.80. The number of nitrogens with one attached hydrogen (secondary N) is 1. The maximum Gasteiger partial charge on any atom is 0.250 e. The molecule has 0 spiro atoms. The first-order chi connectivity index (χ1) is 5.58. The van der Waals surface area contributed by atoms with Crippen LogP contribution < -0.4 is 4.90 Å². The van der Waals surface area contributed by atoms with Crippen LogP contribution in [-0.4, -0.2) is 30.9 Å². The van der Waals surface area contributed by atoms with Gasteiger partial charge >= 0.3 is 0 Å². The summed E-state index contributed by atoms with van der Waals surface area (Å²) in [7, 11) is -2.79. The van der Waals surface area contributed by atoms with E-state index in [0.29, 0.717) is 6.29 Å². The Balaban J connectivity index is 2.35. The van der Waals surface area contributed by atoms with Crippen molar-refractivity contribution in [1.29, 1.82) is 0 Å². The molecule has 2 N–H and O–H groups in total. The molecule has 1 rings (SSSR count). The maximum absolute atomic E-state index is 11.1. The Labute approximate surface area is 74.2 Å². The highest BCUT2D eigenvalue weighted by Gasteiger charge is 2.20. The first-order valence-corrected chi connectivity index (χ1v) is 7.00. The summed E-state index contributed by atoms with van der Waals surface area (Å²) in [4.78, 5) is 10.5. The molecule has 0 bridgehead atoms. The third kappa shape index (κ3) is 4.24. The van der Waals surface area contributed by atoms with E-state index in [-0.39, 0.29) is 0 Å². The normalized spacial score (nSPS) is 26.2. The van der Waals surface area contributed by atoms with E-state index in [1.54, 1.807) is 0 Å². The van der Waals surface area contributed by atoms with Gasteiger partial charge in [-0.05, 0) is 25.7 Å². The van der Waals surface area contributed by atoms with Gasteiger partial charge in [0, 0.05) is 6.66 Å². The zero-order chi connectivity index (χ0) is 9.03. The van der Waals surface area contributed by atoms with Crippen molar-refractivity contribution in [2.24, 2.45) is 0 Å². The summed E-state index contributed by atoms with van der Waals surface area (Å²) in [5, 5.41) is 0. The van der Waals surface area contributed by atoms with Crippen molar-refractivity contribution in [2.75, 3.05) is 26.0 Å². The minimum Gasteiger partial charge on any atom is -0.341 e. The van der Waals surface area contributed by atoms with Crippen molar-refractivity contribution in [3.05, 3.63) is 0 Å². The highest BCUT2D eigenvalue weighted by atomic mass is 31.2. The summed E-state index contributed by atoms with van der Waals surface area (Å²) in [6.07, 6.45) is 5.49. The molecule has 0 amide bonds. The second kappa shape index (κ2) is 4.40. The van der Waals surface area contributed by atoms with Crippen LogP contribution in [-0.2, 0) is 4.57 Å². The van der Waals surface area contributed by atoms with Crippen molar-refractivity contribution < 1.29 is 14.4 Å². The van der Waals surface area contributed by atoms with Crippen LogP contribution in [0.15, 0.2) is 0 Å². The molecular weight excluding hydrogens is 173 g/mol. The van der Waals surface area contributed by atoms with Gasteiger partial charge in [0.25, 0.3) is 0 Å². The zero-order valence-electron chi connectivity index (χ0n) is 7.75. The zero-order valence-corrected chi connectivity index (χ0v) is 8.65. The molecule has 0 aliphatic carbocycles. The predicted molar refractivity (Wildman–Crippen MR) is 49.8 cm³/mol. The molecule has 72 valence electrons. The smallest absolute Gasteiger partial charge is 0.250 e. The Morgan fingerprint density at radius 2 is 1.75 bits per heavy atom. The predicted octanol–water partition coefficient (Wildman–Crippen LogP) is 0.303. The molecule has 0 saturated carbocycles. The molecule has 0 aromatic carbocycles. The Bertz CT molecular complexity index is 170. The fraction of sp³-hybridized carbons (Fsp3) is 1.00. The van der Waals surface area contributed by atoms with E-state index in [0.717, 1.165) is 13.1 Å². The molecule has 0 radical (unpaired) electrons. The molecule has 0 aromatic rings. The van der Waals surface area contributed by atoms with E-state index in [4.69, 9.17) is 0 Å². The molecule has 0 aromatic heterocycles. The van der Waals surface area contributed by atoms with E-state index in [9.17, 15) is 9.46 Å². The van der Waals surface area contributed by atoms with Crippen LogP contribution in [0, 0.1) is 0 Å². The van der Waals surface area contributed by atoms with Crippen LogP contribution in [0.3, 0.4) is 0 Å². The van der Waals surface area contributed by atoms with Crippen molar-refractivity contribution >= 4 is 7.37 Å². The second-order valence-corrected chi connectivity index (χ2v) is 6.29. The van der Waals surface area contributed by atoms with Crippen molar-refractivity contribution in [2.45, 2.75) is 25.7 Å². The lowest BCUT2D eigenvalue weighted by atomic mass is 10.2. The Morgan fingerprint density at radius 3 is 2.17 bits per heavy atom. The van der Waals surface area contributed by atoms with Gasteiger partial charge in [0.2, 0.25) is 7.37 Å². The minimum absolute atomic E-state index is 0.465. The number of rotatable bonds is 2. The van der Waals surface area contributed by atoms with Crippen molar-refractivity contribution in [1.82, 2.24) is 0 Å². The Hall–Kier alpha value is 0.150. The molecular formula is C8H19NO2P+. The van der Waals surface area contributed by atoms with Gasteiger partial charge in [0.15, 0.2) is 6.29 Å². The van der Waals surface area contributed by atoms with Gasteiger partial charge in [-0.3, -0.25) is 4.57 Å². The molecule has 12 heavy (non-hydrogen) atoms. The van der Waals surface area contributed by atoms with Crippen LogP contribution in [0.1, 0.15) is 25.7 Å². The minimum atomic E-state index is -2.79. The van der Waals surface area contributed by atoms with Crippen molar-refractivity contribution in [3.8, 4) is 0 Å².